The molecule has 1 N–H and O–H groups in total. The summed E-state index contributed by atoms with van der Waals surface area (Å²) in [5.74, 6) is 0.377. The molecule has 1 fully saturated rings. The summed E-state index contributed by atoms with van der Waals surface area (Å²) in [5.41, 5.74) is 0.609. The maximum Gasteiger partial charge on any atom is 0.134 e. The predicted octanol–water partition coefficient (Wildman–Crippen LogP) is 3.03. The summed E-state index contributed by atoms with van der Waals surface area (Å²) < 4.78 is 23.9. The number of ether oxygens (including phenoxy) is 1. The lowest BCUT2D eigenvalue weighted by atomic mass is 9.92. The van der Waals surface area contributed by atoms with Crippen LogP contribution in [0.5, 0.6) is 0 Å². The fourth-order valence-corrected chi connectivity index (χ4v) is 2.44. The molecule has 1 aromatic carbocycles. The third kappa shape index (κ3) is 2.13. The van der Waals surface area contributed by atoms with Gasteiger partial charge < -0.3 is 14.3 Å². The van der Waals surface area contributed by atoms with E-state index < -0.39 is 6.10 Å². The smallest absolute Gasteiger partial charge is 0.134 e. The maximum atomic E-state index is 13.1. The van der Waals surface area contributed by atoms with E-state index in [1.165, 1.54) is 12.1 Å². The zero-order valence-corrected chi connectivity index (χ0v) is 9.93. The monoisotopic (exact) mass is 250 g/mol. The lowest BCUT2D eigenvalue weighted by molar-refractivity contribution is -0.000485. The van der Waals surface area contributed by atoms with Crippen LogP contribution in [0.4, 0.5) is 4.39 Å². The van der Waals surface area contributed by atoms with E-state index in [9.17, 15) is 9.50 Å². The summed E-state index contributed by atoms with van der Waals surface area (Å²) in [6.45, 7) is 1.35. The van der Waals surface area contributed by atoms with E-state index in [0.717, 1.165) is 12.8 Å². The van der Waals surface area contributed by atoms with Crippen molar-refractivity contribution >= 4 is 11.0 Å². The van der Waals surface area contributed by atoms with E-state index in [0.29, 0.717) is 29.9 Å². The van der Waals surface area contributed by atoms with Crippen molar-refractivity contribution in [2.45, 2.75) is 18.9 Å². The van der Waals surface area contributed by atoms with Crippen molar-refractivity contribution in [1.82, 2.24) is 0 Å². The summed E-state index contributed by atoms with van der Waals surface area (Å²) in [6, 6.07) is 6.08. The van der Waals surface area contributed by atoms with E-state index in [1.807, 2.05) is 0 Å². The Hall–Kier alpha value is -1.39. The van der Waals surface area contributed by atoms with Gasteiger partial charge in [-0.05, 0) is 43.0 Å². The zero-order valence-electron chi connectivity index (χ0n) is 9.93. The fourth-order valence-electron chi connectivity index (χ4n) is 2.44. The molecule has 1 unspecified atom stereocenters. The van der Waals surface area contributed by atoms with Crippen molar-refractivity contribution < 1.29 is 18.7 Å². The number of rotatable bonds is 2. The van der Waals surface area contributed by atoms with Gasteiger partial charge >= 0.3 is 0 Å². The topological polar surface area (TPSA) is 42.6 Å². The van der Waals surface area contributed by atoms with Gasteiger partial charge in [-0.25, -0.2) is 4.39 Å². The van der Waals surface area contributed by atoms with E-state index in [-0.39, 0.29) is 11.7 Å². The van der Waals surface area contributed by atoms with Gasteiger partial charge in [-0.3, -0.25) is 0 Å². The van der Waals surface area contributed by atoms with Crippen molar-refractivity contribution in [2.75, 3.05) is 13.2 Å². The number of benzene rings is 1. The number of aliphatic hydroxyl groups is 1. The predicted molar refractivity (Wildman–Crippen MR) is 64.7 cm³/mol. The van der Waals surface area contributed by atoms with Crippen molar-refractivity contribution in [1.29, 1.82) is 0 Å². The molecule has 1 aliphatic rings. The van der Waals surface area contributed by atoms with Crippen LogP contribution in [-0.2, 0) is 4.74 Å². The molecular weight excluding hydrogens is 235 g/mol. The van der Waals surface area contributed by atoms with Gasteiger partial charge in [0.15, 0.2) is 0 Å². The van der Waals surface area contributed by atoms with Gasteiger partial charge in [0.25, 0.3) is 0 Å². The minimum absolute atomic E-state index is 0.157. The number of fused-ring (bicyclic) bond motifs is 1. The maximum absolute atomic E-state index is 13.1. The van der Waals surface area contributed by atoms with E-state index >= 15 is 0 Å². The molecule has 96 valence electrons. The molecule has 3 nitrogen and oxygen atoms in total. The Morgan fingerprint density at radius 3 is 2.78 bits per heavy atom. The Kier molecular flexibility index (Phi) is 3.06. The molecule has 0 aliphatic carbocycles. The Morgan fingerprint density at radius 1 is 1.22 bits per heavy atom. The summed E-state index contributed by atoms with van der Waals surface area (Å²) in [6.07, 6.45) is 1.02. The molecule has 2 aromatic rings. The van der Waals surface area contributed by atoms with Crippen molar-refractivity contribution in [2.24, 2.45) is 5.92 Å². The zero-order chi connectivity index (χ0) is 12.5. The third-order valence-corrected chi connectivity index (χ3v) is 3.50. The lowest BCUT2D eigenvalue weighted by Gasteiger charge is -2.25. The minimum Gasteiger partial charge on any atom is -0.458 e. The molecule has 0 radical (unpaired) electrons. The Labute approximate surface area is 104 Å². The molecule has 2 heterocycles. The largest absolute Gasteiger partial charge is 0.458 e. The molecule has 18 heavy (non-hydrogen) atoms. The molecule has 0 spiro atoms. The number of aliphatic hydroxyl groups excluding tert-OH is 1. The average molecular weight is 250 g/mol. The van der Waals surface area contributed by atoms with E-state index in [2.05, 4.69) is 0 Å². The number of halogens is 1. The van der Waals surface area contributed by atoms with Crippen molar-refractivity contribution in [3.05, 3.63) is 35.8 Å². The fraction of sp³-hybridized carbons (Fsp3) is 0.429. The molecule has 1 aliphatic heterocycles. The molecule has 1 aromatic heterocycles. The van der Waals surface area contributed by atoms with Gasteiger partial charge in [0.05, 0.1) is 0 Å². The molecule has 3 rings (SSSR count). The van der Waals surface area contributed by atoms with Crippen LogP contribution in [0.15, 0.2) is 28.7 Å². The van der Waals surface area contributed by atoms with Crippen LogP contribution < -0.4 is 0 Å². The van der Waals surface area contributed by atoms with Crippen LogP contribution in [-0.4, -0.2) is 18.3 Å². The summed E-state index contributed by atoms with van der Waals surface area (Å²) in [7, 11) is 0. The second-order valence-corrected chi connectivity index (χ2v) is 4.73. The number of hydrogen-bond donors (Lipinski definition) is 1. The second kappa shape index (κ2) is 4.71. The quantitative estimate of drug-likeness (QED) is 0.890. The Bertz CT molecular complexity index is 543. The summed E-state index contributed by atoms with van der Waals surface area (Å²) in [5, 5.41) is 11.0. The van der Waals surface area contributed by atoms with Crippen molar-refractivity contribution in [3.8, 4) is 0 Å². The normalized spacial score (nSPS) is 19.2. The summed E-state index contributed by atoms with van der Waals surface area (Å²) in [4.78, 5) is 0. The molecular formula is C14H15FO3. The second-order valence-electron chi connectivity index (χ2n) is 4.73. The van der Waals surface area contributed by atoms with Gasteiger partial charge in [0.1, 0.15) is 23.3 Å². The molecule has 0 bridgehead atoms. The molecule has 1 saturated heterocycles. The Balaban J connectivity index is 1.88. The van der Waals surface area contributed by atoms with E-state index in [1.54, 1.807) is 12.1 Å². The first-order chi connectivity index (χ1) is 8.74. The minimum atomic E-state index is -0.635. The number of furan rings is 1. The van der Waals surface area contributed by atoms with Crippen LogP contribution >= 0.6 is 0 Å². The van der Waals surface area contributed by atoms with Crippen LogP contribution in [0.3, 0.4) is 0 Å². The van der Waals surface area contributed by atoms with E-state index in [4.69, 9.17) is 9.15 Å². The highest BCUT2D eigenvalue weighted by Crippen LogP contribution is 2.33. The van der Waals surface area contributed by atoms with Gasteiger partial charge in [-0.15, -0.1) is 0 Å². The van der Waals surface area contributed by atoms with Crippen LogP contribution in [0.25, 0.3) is 11.0 Å². The Morgan fingerprint density at radius 2 is 2.00 bits per heavy atom. The van der Waals surface area contributed by atoms with Gasteiger partial charge in [0, 0.05) is 18.6 Å². The highest BCUT2D eigenvalue weighted by Gasteiger charge is 2.26. The standard InChI is InChI=1S/C14H15FO3/c15-11-1-2-12-10(7-11)8-13(18-12)14(16)9-3-5-17-6-4-9/h1-2,7-9,14,16H,3-6H2. The highest BCUT2D eigenvalue weighted by molar-refractivity contribution is 5.77. The first-order valence-electron chi connectivity index (χ1n) is 6.19. The van der Waals surface area contributed by atoms with Gasteiger partial charge in [-0.2, -0.15) is 0 Å². The van der Waals surface area contributed by atoms with Crippen LogP contribution in [0.1, 0.15) is 24.7 Å². The third-order valence-electron chi connectivity index (χ3n) is 3.50. The molecule has 0 amide bonds. The SMILES string of the molecule is OC(c1cc2cc(F)ccc2o1)C1CCOCC1. The highest BCUT2D eigenvalue weighted by atomic mass is 19.1. The van der Waals surface area contributed by atoms with Crippen LogP contribution in [0, 0.1) is 11.7 Å². The summed E-state index contributed by atoms with van der Waals surface area (Å²) >= 11 is 0. The first-order valence-corrected chi connectivity index (χ1v) is 6.19. The first kappa shape index (κ1) is 11.7. The molecule has 1 atom stereocenters. The molecule has 0 saturated carbocycles. The van der Waals surface area contributed by atoms with Gasteiger partial charge in [0.2, 0.25) is 0 Å². The van der Waals surface area contributed by atoms with Gasteiger partial charge in [-0.1, -0.05) is 0 Å². The van der Waals surface area contributed by atoms with Crippen LogP contribution in [0.2, 0.25) is 0 Å². The molecule has 4 heteroatoms. The average Bonchev–Trinajstić information content (AvgIpc) is 2.81. The number of hydrogen-bond acceptors (Lipinski definition) is 3. The van der Waals surface area contributed by atoms with Crippen molar-refractivity contribution in [3.63, 3.8) is 0 Å². The lowest BCUT2D eigenvalue weighted by Crippen LogP contribution is -2.21.